The third-order valence-electron chi connectivity index (χ3n) is 2.90. The highest BCUT2D eigenvalue weighted by Gasteiger charge is 2.32. The monoisotopic (exact) mass is 246 g/mol. The van der Waals surface area contributed by atoms with Crippen LogP contribution in [0.3, 0.4) is 0 Å². The molecule has 0 bridgehead atoms. The van der Waals surface area contributed by atoms with E-state index in [4.69, 9.17) is 0 Å². The molecule has 0 spiro atoms. The fraction of sp³-hybridized carbons (Fsp3) is 0.500. The summed E-state index contributed by atoms with van der Waals surface area (Å²) in [5, 5.41) is 12.7. The summed E-state index contributed by atoms with van der Waals surface area (Å²) in [5.41, 5.74) is 0.866. The summed E-state index contributed by atoms with van der Waals surface area (Å²) in [7, 11) is 0. The summed E-state index contributed by atoms with van der Waals surface area (Å²) in [6, 6.07) is 11.4. The molecule has 3 heteroatoms. The van der Waals surface area contributed by atoms with Crippen LogP contribution < -0.4 is 5.32 Å². The minimum Gasteiger partial charge on any atom is -0.296 e. The number of rotatable bonds is 5. The molecule has 17 heavy (non-hydrogen) atoms. The van der Waals surface area contributed by atoms with Crippen LogP contribution in [0.15, 0.2) is 29.2 Å². The number of nitrogens with zero attached hydrogens (tertiary/aromatic N) is 1. The first-order valence-corrected chi connectivity index (χ1v) is 6.98. The quantitative estimate of drug-likeness (QED) is 0.811. The maximum Gasteiger partial charge on any atom is 0.113 e. The number of nitrogens with one attached hydrogen (secondary N) is 1. The van der Waals surface area contributed by atoms with Gasteiger partial charge in [-0.25, -0.2) is 0 Å². The number of aryl methyl sites for hydroxylation is 1. The van der Waals surface area contributed by atoms with Gasteiger partial charge < -0.3 is 0 Å². The Hall–Kier alpha value is -0.980. The van der Waals surface area contributed by atoms with Crippen molar-refractivity contribution in [3.8, 4) is 6.07 Å². The predicted molar refractivity (Wildman–Crippen MR) is 72.1 cm³/mol. The molecule has 0 amide bonds. The van der Waals surface area contributed by atoms with E-state index in [0.717, 1.165) is 5.75 Å². The first-order chi connectivity index (χ1) is 8.11. The molecule has 90 valence electrons. The minimum atomic E-state index is -0.406. The van der Waals surface area contributed by atoms with E-state index < -0.39 is 5.54 Å². The Kier molecular flexibility index (Phi) is 3.76. The molecule has 1 unspecified atom stereocenters. The number of hydrogen-bond acceptors (Lipinski definition) is 3. The molecular weight excluding hydrogens is 228 g/mol. The van der Waals surface area contributed by atoms with Gasteiger partial charge in [-0.1, -0.05) is 17.7 Å². The molecule has 0 radical (unpaired) electrons. The highest BCUT2D eigenvalue weighted by atomic mass is 32.2. The Morgan fingerprint density at radius 2 is 2.06 bits per heavy atom. The van der Waals surface area contributed by atoms with Crippen molar-refractivity contribution in [3.63, 3.8) is 0 Å². The lowest BCUT2D eigenvalue weighted by Crippen LogP contribution is -2.44. The van der Waals surface area contributed by atoms with E-state index in [1.54, 1.807) is 11.8 Å². The molecule has 1 aliphatic carbocycles. The van der Waals surface area contributed by atoms with Gasteiger partial charge in [0.15, 0.2) is 0 Å². The second-order valence-corrected chi connectivity index (χ2v) is 6.01. The number of thioether (sulfide) groups is 1. The third kappa shape index (κ3) is 3.76. The van der Waals surface area contributed by atoms with E-state index in [-0.39, 0.29) is 0 Å². The van der Waals surface area contributed by atoms with Crippen molar-refractivity contribution < 1.29 is 0 Å². The van der Waals surface area contributed by atoms with Gasteiger partial charge in [0.2, 0.25) is 0 Å². The molecule has 1 atom stereocenters. The van der Waals surface area contributed by atoms with Gasteiger partial charge in [0, 0.05) is 16.7 Å². The lowest BCUT2D eigenvalue weighted by atomic mass is 10.1. The van der Waals surface area contributed by atoms with E-state index in [9.17, 15) is 5.26 Å². The van der Waals surface area contributed by atoms with Crippen molar-refractivity contribution in [1.29, 1.82) is 5.26 Å². The standard InChI is InChI=1S/C14H18N2S/c1-11-3-7-13(8-4-11)17-10-14(2,9-15)16-12-5-6-12/h3-4,7-8,12,16H,5-6,10H2,1-2H3. The van der Waals surface area contributed by atoms with Crippen LogP contribution in [0.5, 0.6) is 0 Å². The fourth-order valence-corrected chi connectivity index (χ4v) is 2.58. The zero-order chi connectivity index (χ0) is 12.3. The Balaban J connectivity index is 1.91. The first-order valence-electron chi connectivity index (χ1n) is 6.00. The van der Waals surface area contributed by atoms with Crippen LogP contribution in [0.25, 0.3) is 0 Å². The molecular formula is C14H18N2S. The molecule has 0 aromatic heterocycles. The van der Waals surface area contributed by atoms with Gasteiger partial charge in [-0.3, -0.25) is 5.32 Å². The van der Waals surface area contributed by atoms with E-state index in [1.165, 1.54) is 23.3 Å². The maximum atomic E-state index is 9.26. The van der Waals surface area contributed by atoms with Crippen LogP contribution in [-0.4, -0.2) is 17.3 Å². The zero-order valence-electron chi connectivity index (χ0n) is 10.4. The molecule has 0 saturated heterocycles. The highest BCUT2D eigenvalue weighted by molar-refractivity contribution is 7.99. The largest absolute Gasteiger partial charge is 0.296 e. The summed E-state index contributed by atoms with van der Waals surface area (Å²) in [5.74, 6) is 0.795. The van der Waals surface area contributed by atoms with Gasteiger partial charge in [0.1, 0.15) is 5.54 Å². The first kappa shape index (κ1) is 12.5. The van der Waals surface area contributed by atoms with Gasteiger partial charge in [-0.2, -0.15) is 5.26 Å². The Morgan fingerprint density at radius 3 is 2.59 bits per heavy atom. The fourth-order valence-electron chi connectivity index (χ4n) is 1.65. The SMILES string of the molecule is Cc1ccc(SCC(C)(C#N)NC2CC2)cc1. The Morgan fingerprint density at radius 1 is 1.41 bits per heavy atom. The zero-order valence-corrected chi connectivity index (χ0v) is 11.2. The Bertz CT molecular complexity index is 417. The van der Waals surface area contributed by atoms with Gasteiger partial charge in [-0.05, 0) is 38.8 Å². The van der Waals surface area contributed by atoms with Crippen LogP contribution >= 0.6 is 11.8 Å². The number of nitriles is 1. The van der Waals surface area contributed by atoms with Crippen molar-refractivity contribution in [3.05, 3.63) is 29.8 Å². The number of hydrogen-bond donors (Lipinski definition) is 1. The van der Waals surface area contributed by atoms with Crippen molar-refractivity contribution in [1.82, 2.24) is 5.32 Å². The topological polar surface area (TPSA) is 35.8 Å². The van der Waals surface area contributed by atoms with Crippen molar-refractivity contribution >= 4 is 11.8 Å². The lowest BCUT2D eigenvalue weighted by molar-refractivity contribution is 0.490. The third-order valence-corrected chi connectivity index (χ3v) is 4.22. The molecule has 2 rings (SSSR count). The summed E-state index contributed by atoms with van der Waals surface area (Å²) in [6.45, 7) is 4.08. The van der Waals surface area contributed by atoms with Gasteiger partial charge >= 0.3 is 0 Å². The second kappa shape index (κ2) is 5.12. The summed E-state index contributed by atoms with van der Waals surface area (Å²) in [4.78, 5) is 1.23. The summed E-state index contributed by atoms with van der Waals surface area (Å²) < 4.78 is 0. The average molecular weight is 246 g/mol. The summed E-state index contributed by atoms with van der Waals surface area (Å²) in [6.07, 6.45) is 2.43. The van der Waals surface area contributed by atoms with Crippen LogP contribution in [-0.2, 0) is 0 Å². The molecule has 1 N–H and O–H groups in total. The molecule has 1 aromatic carbocycles. The number of benzene rings is 1. The average Bonchev–Trinajstić information content (AvgIpc) is 3.12. The van der Waals surface area contributed by atoms with E-state index in [0.29, 0.717) is 6.04 Å². The van der Waals surface area contributed by atoms with Crippen LogP contribution in [0.1, 0.15) is 25.3 Å². The van der Waals surface area contributed by atoms with Crippen molar-refractivity contribution in [2.75, 3.05) is 5.75 Å². The molecule has 0 heterocycles. The maximum absolute atomic E-state index is 9.26. The van der Waals surface area contributed by atoms with Crippen molar-refractivity contribution in [2.45, 2.75) is 43.2 Å². The van der Waals surface area contributed by atoms with Crippen LogP contribution in [0.2, 0.25) is 0 Å². The van der Waals surface area contributed by atoms with E-state index in [1.807, 2.05) is 6.92 Å². The normalized spacial score (nSPS) is 18.4. The minimum absolute atomic E-state index is 0.406. The predicted octanol–water partition coefficient (Wildman–Crippen LogP) is 3.12. The molecule has 2 nitrogen and oxygen atoms in total. The Labute approximate surface area is 107 Å². The van der Waals surface area contributed by atoms with Crippen molar-refractivity contribution in [2.24, 2.45) is 0 Å². The molecule has 1 aromatic rings. The molecule has 0 aliphatic heterocycles. The molecule has 1 aliphatic rings. The second-order valence-electron chi connectivity index (χ2n) is 4.96. The van der Waals surface area contributed by atoms with Gasteiger partial charge in [0.25, 0.3) is 0 Å². The molecule has 1 fully saturated rings. The van der Waals surface area contributed by atoms with E-state index in [2.05, 4.69) is 42.6 Å². The summed E-state index contributed by atoms with van der Waals surface area (Å²) >= 11 is 1.75. The van der Waals surface area contributed by atoms with Gasteiger partial charge in [-0.15, -0.1) is 11.8 Å². The molecule has 1 saturated carbocycles. The van der Waals surface area contributed by atoms with Gasteiger partial charge in [0.05, 0.1) is 6.07 Å². The van der Waals surface area contributed by atoms with E-state index >= 15 is 0 Å². The highest BCUT2D eigenvalue weighted by Crippen LogP contribution is 2.27. The lowest BCUT2D eigenvalue weighted by Gasteiger charge is -2.22. The smallest absolute Gasteiger partial charge is 0.113 e. The van der Waals surface area contributed by atoms with Crippen LogP contribution in [0, 0.1) is 18.3 Å². The van der Waals surface area contributed by atoms with Crippen LogP contribution in [0.4, 0.5) is 0 Å².